The fourth-order valence-electron chi connectivity index (χ4n) is 0.855. The van der Waals surface area contributed by atoms with Gasteiger partial charge < -0.3 is 17.0 Å². The Labute approximate surface area is 95.3 Å². The minimum absolute atomic E-state index is 0. The second-order valence-corrected chi connectivity index (χ2v) is 2.14. The van der Waals surface area contributed by atoms with Gasteiger partial charge in [-0.3, -0.25) is 0 Å². The first-order valence-electron chi connectivity index (χ1n) is 3.39. The second kappa shape index (κ2) is 8.56. The van der Waals surface area contributed by atoms with E-state index in [0.29, 0.717) is 0 Å². The van der Waals surface area contributed by atoms with Gasteiger partial charge in [0.1, 0.15) is 0 Å². The van der Waals surface area contributed by atoms with Gasteiger partial charge in [0.05, 0.1) is 0 Å². The molecule has 0 aliphatic rings. The zero-order chi connectivity index (χ0) is 6.53. The summed E-state index contributed by atoms with van der Waals surface area (Å²) in [5.41, 5.74) is 1.32. The van der Waals surface area contributed by atoms with Crippen molar-refractivity contribution in [1.82, 2.24) is 0 Å². The van der Waals surface area contributed by atoms with Crippen LogP contribution in [0.25, 0.3) is 0 Å². The van der Waals surface area contributed by atoms with Crippen molar-refractivity contribution in [3.8, 4) is 0 Å². The Hall–Kier alpha value is 0.466. The van der Waals surface area contributed by atoms with Gasteiger partial charge in [-0.2, -0.15) is 35.9 Å². The number of benzene rings is 1. The average molecular weight is 223 g/mol. The average Bonchev–Trinajstić information content (AvgIpc) is 1.91. The van der Waals surface area contributed by atoms with E-state index in [-0.39, 0.29) is 40.0 Å². The van der Waals surface area contributed by atoms with Crippen LogP contribution in [0.1, 0.15) is 18.9 Å². The fourth-order valence-corrected chi connectivity index (χ4v) is 0.855. The molecule has 1 aromatic carbocycles. The van der Waals surface area contributed by atoms with Crippen LogP contribution >= 0.6 is 0 Å². The van der Waals surface area contributed by atoms with Gasteiger partial charge in [0.2, 0.25) is 0 Å². The molecule has 0 saturated heterocycles. The standard InChI is InChI=1S/C9H11.BrH.Mg/c1-2-6-9-7-4-3-5-8-9;;/h3-5,7H,2,6H2,1H3;1H;/q-1;;+2/p-1. The number of rotatable bonds is 2. The van der Waals surface area contributed by atoms with E-state index in [1.165, 1.54) is 12.0 Å². The molecule has 0 bridgehead atoms. The normalized spacial score (nSPS) is 7.73. The molecule has 0 aliphatic carbocycles. The van der Waals surface area contributed by atoms with E-state index in [1.54, 1.807) is 0 Å². The van der Waals surface area contributed by atoms with Crippen LogP contribution in [0, 0.1) is 6.07 Å². The Morgan fingerprint density at radius 3 is 2.55 bits per heavy atom. The molecule has 56 valence electrons. The molecule has 1 aromatic rings. The Morgan fingerprint density at radius 2 is 2.09 bits per heavy atom. The van der Waals surface area contributed by atoms with E-state index < -0.39 is 0 Å². The molecule has 0 fully saturated rings. The van der Waals surface area contributed by atoms with Gasteiger partial charge in [0.15, 0.2) is 0 Å². The molecule has 0 spiro atoms. The quantitative estimate of drug-likeness (QED) is 0.449. The molecule has 0 heterocycles. The van der Waals surface area contributed by atoms with Crippen LogP contribution in [0.4, 0.5) is 0 Å². The number of halogens is 1. The molecule has 0 aromatic heterocycles. The summed E-state index contributed by atoms with van der Waals surface area (Å²) in [6.45, 7) is 2.18. The van der Waals surface area contributed by atoms with Crippen molar-refractivity contribution in [2.75, 3.05) is 0 Å². The molecule has 0 atom stereocenters. The third-order valence-corrected chi connectivity index (χ3v) is 1.29. The molecule has 2 heteroatoms. The van der Waals surface area contributed by atoms with E-state index in [2.05, 4.69) is 25.1 Å². The van der Waals surface area contributed by atoms with Crippen molar-refractivity contribution >= 4 is 23.1 Å². The molecular weight excluding hydrogens is 212 g/mol. The van der Waals surface area contributed by atoms with Crippen molar-refractivity contribution in [1.29, 1.82) is 0 Å². The maximum atomic E-state index is 3.17. The summed E-state index contributed by atoms with van der Waals surface area (Å²) in [4.78, 5) is 0. The Bertz CT molecular complexity index is 162. The van der Waals surface area contributed by atoms with Crippen LogP contribution in [0.3, 0.4) is 0 Å². The summed E-state index contributed by atoms with van der Waals surface area (Å²) in [6, 6.07) is 11.3. The summed E-state index contributed by atoms with van der Waals surface area (Å²) in [5.74, 6) is 0. The van der Waals surface area contributed by atoms with Gasteiger partial charge in [-0.15, -0.1) is 0 Å². The van der Waals surface area contributed by atoms with Gasteiger partial charge in [-0.1, -0.05) is 19.8 Å². The number of hydrogen-bond acceptors (Lipinski definition) is 0. The van der Waals surface area contributed by atoms with Gasteiger partial charge >= 0.3 is 23.1 Å². The number of hydrogen-bond donors (Lipinski definition) is 0. The monoisotopic (exact) mass is 222 g/mol. The van der Waals surface area contributed by atoms with E-state index in [9.17, 15) is 0 Å². The van der Waals surface area contributed by atoms with E-state index >= 15 is 0 Å². The largest absolute Gasteiger partial charge is 2.00 e. The van der Waals surface area contributed by atoms with Gasteiger partial charge in [-0.05, 0) is 0 Å². The van der Waals surface area contributed by atoms with Gasteiger partial charge in [0.25, 0.3) is 0 Å². The molecule has 0 N–H and O–H groups in total. The minimum Gasteiger partial charge on any atom is -1.00 e. The van der Waals surface area contributed by atoms with Crippen LogP contribution < -0.4 is 17.0 Å². The Morgan fingerprint density at radius 1 is 1.36 bits per heavy atom. The Kier molecular flexibility index (Phi) is 10.9. The zero-order valence-corrected chi connectivity index (χ0v) is 9.81. The first-order valence-corrected chi connectivity index (χ1v) is 3.39. The molecule has 0 saturated carbocycles. The van der Waals surface area contributed by atoms with Crippen molar-refractivity contribution in [3.63, 3.8) is 0 Å². The third-order valence-electron chi connectivity index (χ3n) is 1.29. The zero-order valence-electron chi connectivity index (χ0n) is 6.81. The summed E-state index contributed by atoms with van der Waals surface area (Å²) in [5, 5.41) is 0. The van der Waals surface area contributed by atoms with Crippen LogP contribution in [0.15, 0.2) is 24.3 Å². The minimum atomic E-state index is 0. The topological polar surface area (TPSA) is 0 Å². The molecular formula is C9H11BrMg. The molecule has 0 aliphatic heterocycles. The van der Waals surface area contributed by atoms with E-state index in [1.807, 2.05) is 12.1 Å². The first-order chi connectivity index (χ1) is 4.43. The van der Waals surface area contributed by atoms with Crippen LogP contribution in [-0.4, -0.2) is 23.1 Å². The first kappa shape index (κ1) is 14.0. The van der Waals surface area contributed by atoms with Gasteiger partial charge in [-0.25, -0.2) is 0 Å². The molecule has 1 rings (SSSR count). The van der Waals surface area contributed by atoms with Gasteiger partial charge in [0, 0.05) is 0 Å². The molecule has 11 heavy (non-hydrogen) atoms. The van der Waals surface area contributed by atoms with E-state index in [0.717, 1.165) is 6.42 Å². The Balaban J connectivity index is 0. The summed E-state index contributed by atoms with van der Waals surface area (Å²) < 4.78 is 0. The predicted octanol–water partition coefficient (Wildman–Crippen LogP) is -0.938. The summed E-state index contributed by atoms with van der Waals surface area (Å²) in [6.07, 6.45) is 2.36. The van der Waals surface area contributed by atoms with Crippen LogP contribution in [0.5, 0.6) is 0 Å². The van der Waals surface area contributed by atoms with Crippen molar-refractivity contribution in [3.05, 3.63) is 35.9 Å². The summed E-state index contributed by atoms with van der Waals surface area (Å²) in [7, 11) is 0. The predicted molar refractivity (Wildman–Crippen MR) is 45.0 cm³/mol. The SMILES string of the molecule is CCCc1[c-]cccc1.[Br-].[Mg+2]. The van der Waals surface area contributed by atoms with Crippen LogP contribution in [0.2, 0.25) is 0 Å². The molecule has 0 nitrogen and oxygen atoms in total. The third kappa shape index (κ3) is 5.71. The van der Waals surface area contributed by atoms with Crippen molar-refractivity contribution < 1.29 is 17.0 Å². The molecule has 0 radical (unpaired) electrons. The molecule has 0 amide bonds. The fraction of sp³-hybridized carbons (Fsp3) is 0.333. The smallest absolute Gasteiger partial charge is 1.00 e. The maximum Gasteiger partial charge on any atom is 2.00 e. The molecule has 0 unspecified atom stereocenters. The number of aryl methyl sites for hydroxylation is 1. The summed E-state index contributed by atoms with van der Waals surface area (Å²) >= 11 is 0. The van der Waals surface area contributed by atoms with Crippen molar-refractivity contribution in [2.45, 2.75) is 19.8 Å². The van der Waals surface area contributed by atoms with E-state index in [4.69, 9.17) is 0 Å². The van der Waals surface area contributed by atoms with Crippen LogP contribution in [-0.2, 0) is 6.42 Å². The van der Waals surface area contributed by atoms with Crippen molar-refractivity contribution in [2.24, 2.45) is 0 Å². The second-order valence-electron chi connectivity index (χ2n) is 2.14. The maximum absolute atomic E-state index is 3.17.